The quantitative estimate of drug-likeness (QED) is 0.180. The molecule has 1 saturated heterocycles. The first-order valence-electron chi connectivity index (χ1n) is 16.1. The zero-order valence-electron chi connectivity index (χ0n) is 26.2. The Balaban J connectivity index is 0.994. The summed E-state index contributed by atoms with van der Waals surface area (Å²) >= 11 is 0. The summed E-state index contributed by atoms with van der Waals surface area (Å²) in [6.07, 6.45) is 3.73. The van der Waals surface area contributed by atoms with E-state index in [4.69, 9.17) is 4.74 Å². The minimum Gasteiger partial charge on any atom is -0.372 e. The Kier molecular flexibility index (Phi) is 8.85. The van der Waals surface area contributed by atoms with Gasteiger partial charge in [-0.25, -0.2) is 4.68 Å². The second-order valence-electron chi connectivity index (χ2n) is 12.2. The Morgan fingerprint density at radius 3 is 2.22 bits per heavy atom. The molecule has 6 aromatic rings. The number of ether oxygens (including phenoxy) is 1. The Hall–Kier alpha value is -4.85. The summed E-state index contributed by atoms with van der Waals surface area (Å²) in [7, 11) is 0. The summed E-state index contributed by atoms with van der Waals surface area (Å²) in [5.74, 6) is 0.242. The number of fused-ring (bicyclic) bond motifs is 2. The van der Waals surface area contributed by atoms with Gasteiger partial charge in [0.25, 0.3) is 0 Å². The maximum Gasteiger partial charge on any atom is 0.224 e. The molecule has 1 aromatic heterocycles. The number of aromatic nitrogens is 3. The van der Waals surface area contributed by atoms with Gasteiger partial charge in [0.15, 0.2) is 0 Å². The van der Waals surface area contributed by atoms with Crippen molar-refractivity contribution in [1.82, 2.24) is 20.3 Å². The van der Waals surface area contributed by atoms with Gasteiger partial charge in [-0.1, -0.05) is 90.1 Å². The summed E-state index contributed by atoms with van der Waals surface area (Å²) in [4.78, 5) is 14.5. The minimum absolute atomic E-state index is 0.0209. The first kappa shape index (κ1) is 29.8. The number of hydrogen-bond acceptors (Lipinski definition) is 5. The van der Waals surface area contributed by atoms with Crippen LogP contribution in [0, 0.1) is 0 Å². The van der Waals surface area contributed by atoms with Crippen molar-refractivity contribution < 1.29 is 9.53 Å². The monoisotopic (exact) mass is 609 g/mol. The van der Waals surface area contributed by atoms with Crippen molar-refractivity contribution in [2.75, 3.05) is 18.0 Å². The number of anilines is 1. The lowest BCUT2D eigenvalue weighted by Crippen LogP contribution is -2.41. The van der Waals surface area contributed by atoms with E-state index in [0.717, 1.165) is 49.4 Å². The summed E-state index contributed by atoms with van der Waals surface area (Å²) in [5, 5.41) is 17.1. The van der Waals surface area contributed by atoms with Crippen LogP contribution in [0.1, 0.15) is 41.6 Å². The van der Waals surface area contributed by atoms with Crippen LogP contribution in [0.25, 0.3) is 21.5 Å². The molecule has 0 bridgehead atoms. The van der Waals surface area contributed by atoms with Gasteiger partial charge in [0.1, 0.15) is 0 Å². The zero-order chi connectivity index (χ0) is 31.3. The molecule has 2 atom stereocenters. The molecular formula is C39H39N5O2. The fourth-order valence-electron chi connectivity index (χ4n) is 6.58. The molecule has 0 aliphatic carbocycles. The lowest BCUT2D eigenvalue weighted by atomic mass is 9.91. The number of benzene rings is 5. The smallest absolute Gasteiger partial charge is 0.224 e. The van der Waals surface area contributed by atoms with E-state index in [1.807, 2.05) is 40.0 Å². The van der Waals surface area contributed by atoms with E-state index in [1.54, 1.807) is 6.92 Å². The SMILES string of the molecule is CC(=O)N(Cc1ccc2ccccc2c1)c1ccc(CCn2nncc2[C@@H]2CCNC[C@H]2OCc2ccc3ccccc3c2)cc1. The van der Waals surface area contributed by atoms with Crippen LogP contribution < -0.4 is 10.2 Å². The molecule has 1 aliphatic rings. The molecule has 0 saturated carbocycles. The number of carbonyl (C=O) groups excluding carboxylic acids is 1. The molecule has 5 aromatic carbocycles. The fourth-order valence-corrected chi connectivity index (χ4v) is 6.58. The van der Waals surface area contributed by atoms with Crippen LogP contribution in [0.4, 0.5) is 5.69 Å². The molecular weight excluding hydrogens is 570 g/mol. The summed E-state index contributed by atoms with van der Waals surface area (Å²) < 4.78 is 8.57. The second-order valence-corrected chi connectivity index (χ2v) is 12.2. The topological polar surface area (TPSA) is 72.3 Å². The van der Waals surface area contributed by atoms with Crippen molar-refractivity contribution >= 4 is 33.1 Å². The Labute approximate surface area is 269 Å². The summed E-state index contributed by atoms with van der Waals surface area (Å²) in [5.41, 5.74) is 5.49. The second kappa shape index (κ2) is 13.6. The number of rotatable bonds is 10. The molecule has 2 heterocycles. The van der Waals surface area contributed by atoms with Crippen molar-refractivity contribution in [3.8, 4) is 0 Å². The van der Waals surface area contributed by atoms with Crippen LogP contribution in [-0.4, -0.2) is 40.1 Å². The van der Waals surface area contributed by atoms with E-state index < -0.39 is 0 Å². The van der Waals surface area contributed by atoms with Gasteiger partial charge >= 0.3 is 0 Å². The first-order chi connectivity index (χ1) is 22.6. The third kappa shape index (κ3) is 6.71. The third-order valence-corrected chi connectivity index (χ3v) is 9.13. The van der Waals surface area contributed by atoms with Crippen molar-refractivity contribution in [1.29, 1.82) is 0 Å². The zero-order valence-corrected chi connectivity index (χ0v) is 26.2. The molecule has 7 nitrogen and oxygen atoms in total. The number of aryl methyl sites for hydroxylation is 2. The molecule has 1 aliphatic heterocycles. The van der Waals surface area contributed by atoms with E-state index in [2.05, 4.69) is 101 Å². The maximum absolute atomic E-state index is 12.7. The van der Waals surface area contributed by atoms with Crippen LogP contribution in [0.15, 0.2) is 115 Å². The van der Waals surface area contributed by atoms with E-state index >= 15 is 0 Å². The highest BCUT2D eigenvalue weighted by atomic mass is 16.5. The highest BCUT2D eigenvalue weighted by molar-refractivity contribution is 5.91. The molecule has 7 heteroatoms. The van der Waals surface area contributed by atoms with Crippen LogP contribution >= 0.6 is 0 Å². The van der Waals surface area contributed by atoms with E-state index in [9.17, 15) is 4.79 Å². The molecule has 1 fully saturated rings. The van der Waals surface area contributed by atoms with E-state index in [-0.39, 0.29) is 17.9 Å². The molecule has 1 N–H and O–H groups in total. The highest BCUT2D eigenvalue weighted by Crippen LogP contribution is 2.29. The lowest BCUT2D eigenvalue weighted by Gasteiger charge is -2.32. The first-order valence-corrected chi connectivity index (χ1v) is 16.1. The van der Waals surface area contributed by atoms with Gasteiger partial charge in [-0.05, 0) is 81.9 Å². The Morgan fingerprint density at radius 2 is 1.50 bits per heavy atom. The van der Waals surface area contributed by atoms with Crippen molar-refractivity contribution in [2.45, 2.75) is 51.5 Å². The molecule has 7 rings (SSSR count). The van der Waals surface area contributed by atoms with Crippen molar-refractivity contribution in [3.05, 3.63) is 138 Å². The predicted octanol–water partition coefficient (Wildman–Crippen LogP) is 7.04. The van der Waals surface area contributed by atoms with Crippen LogP contribution in [-0.2, 0) is 35.6 Å². The number of amides is 1. The fraction of sp³-hybridized carbons (Fsp3) is 0.256. The molecule has 1 amide bonds. The minimum atomic E-state index is 0.0209. The number of nitrogens with one attached hydrogen (secondary N) is 1. The highest BCUT2D eigenvalue weighted by Gasteiger charge is 2.30. The van der Waals surface area contributed by atoms with Crippen LogP contribution in [0.5, 0.6) is 0 Å². The summed E-state index contributed by atoms with van der Waals surface area (Å²) in [6.45, 7) is 5.20. The van der Waals surface area contributed by atoms with Crippen LogP contribution in [0.3, 0.4) is 0 Å². The van der Waals surface area contributed by atoms with E-state index in [1.165, 1.54) is 32.7 Å². The maximum atomic E-state index is 12.7. The standard InChI is InChI=1S/C39H39N5O2/c1-28(45)43(26-30-10-14-32-6-2-4-8-34(32)22-30)36-16-12-29(13-17-36)19-21-44-38(24-41-42-44)37-18-20-40-25-39(37)46-27-31-11-15-33-7-3-5-9-35(33)23-31/h2-17,22-24,37,39-40H,18-21,25-27H2,1H3/t37-,39+/m0/s1. The average Bonchev–Trinajstić information content (AvgIpc) is 3.57. The number of piperidine rings is 1. The van der Waals surface area contributed by atoms with E-state index in [0.29, 0.717) is 13.2 Å². The van der Waals surface area contributed by atoms with Gasteiger partial charge in [0.2, 0.25) is 5.91 Å². The van der Waals surface area contributed by atoms with Gasteiger partial charge in [0.05, 0.1) is 31.1 Å². The number of nitrogens with zero attached hydrogens (tertiary/aromatic N) is 4. The number of hydrogen-bond donors (Lipinski definition) is 1. The Morgan fingerprint density at radius 1 is 0.848 bits per heavy atom. The molecule has 46 heavy (non-hydrogen) atoms. The summed E-state index contributed by atoms with van der Waals surface area (Å²) in [6, 6.07) is 38.0. The number of carbonyl (C=O) groups is 1. The molecule has 232 valence electrons. The van der Waals surface area contributed by atoms with Gasteiger partial charge in [0, 0.05) is 31.6 Å². The van der Waals surface area contributed by atoms with Gasteiger partial charge in [-0.3, -0.25) is 4.79 Å². The molecule has 0 unspecified atom stereocenters. The third-order valence-electron chi connectivity index (χ3n) is 9.13. The van der Waals surface area contributed by atoms with Gasteiger partial charge in [-0.15, -0.1) is 5.10 Å². The normalized spacial score (nSPS) is 16.5. The lowest BCUT2D eigenvalue weighted by molar-refractivity contribution is -0.116. The van der Waals surface area contributed by atoms with Gasteiger partial charge < -0.3 is 15.0 Å². The Bertz CT molecular complexity index is 1950. The molecule has 0 radical (unpaired) electrons. The largest absolute Gasteiger partial charge is 0.372 e. The average molecular weight is 610 g/mol. The van der Waals surface area contributed by atoms with Crippen LogP contribution in [0.2, 0.25) is 0 Å². The predicted molar refractivity (Wildman–Crippen MR) is 184 cm³/mol. The van der Waals surface area contributed by atoms with Crippen molar-refractivity contribution in [3.63, 3.8) is 0 Å². The van der Waals surface area contributed by atoms with Crippen molar-refractivity contribution in [2.24, 2.45) is 0 Å². The van der Waals surface area contributed by atoms with Gasteiger partial charge in [-0.2, -0.15) is 0 Å². The molecule has 0 spiro atoms.